The van der Waals surface area contributed by atoms with Crippen molar-refractivity contribution < 1.29 is 27.5 Å². The van der Waals surface area contributed by atoms with Gasteiger partial charge in [-0.1, -0.05) is 23.2 Å². The van der Waals surface area contributed by atoms with Gasteiger partial charge in [0.2, 0.25) is 0 Å². The predicted octanol–water partition coefficient (Wildman–Crippen LogP) is 2.71. The van der Waals surface area contributed by atoms with E-state index in [9.17, 15) is 27.6 Å². The molecule has 0 saturated heterocycles. The van der Waals surface area contributed by atoms with E-state index in [2.05, 4.69) is 0 Å². The maximum atomic E-state index is 12.8. The van der Waals surface area contributed by atoms with Crippen molar-refractivity contribution in [1.29, 1.82) is 0 Å². The van der Waals surface area contributed by atoms with Crippen LogP contribution in [0.2, 0.25) is 10.0 Å². The number of carbonyl (C=O) groups excluding carboxylic acids is 2. The molecule has 2 N–H and O–H groups in total. The molecule has 0 saturated carbocycles. The van der Waals surface area contributed by atoms with Crippen molar-refractivity contribution in [3.8, 4) is 5.75 Å². The molecule has 0 fully saturated rings. The van der Waals surface area contributed by atoms with Gasteiger partial charge in [-0.05, 0) is 36.8 Å². The van der Waals surface area contributed by atoms with Gasteiger partial charge in [-0.3, -0.25) is 25.2 Å². The van der Waals surface area contributed by atoms with Crippen molar-refractivity contribution in [3.63, 3.8) is 0 Å². The minimum Gasteiger partial charge on any atom is -0.484 e. The first-order chi connectivity index (χ1) is 13.5. The second-order valence-corrected chi connectivity index (χ2v) is 6.62. The summed E-state index contributed by atoms with van der Waals surface area (Å²) < 4.78 is 44.1. The minimum atomic E-state index is -4.75. The van der Waals surface area contributed by atoms with E-state index < -0.39 is 47.3 Å². The van der Waals surface area contributed by atoms with Gasteiger partial charge in [-0.25, -0.2) is 0 Å². The SMILES string of the molecule is Cc1cc(OCC(=O)NNC(=O)Cn2cc(C(F)(F)F)cc(Cl)c2=O)ccc1Cl. The largest absolute Gasteiger partial charge is 0.484 e. The fourth-order valence-electron chi connectivity index (χ4n) is 2.10. The average molecular weight is 452 g/mol. The fourth-order valence-corrected chi connectivity index (χ4v) is 2.44. The molecule has 29 heavy (non-hydrogen) atoms. The normalized spacial score (nSPS) is 11.1. The molecule has 2 amide bonds. The summed E-state index contributed by atoms with van der Waals surface area (Å²) in [5.41, 5.74) is 2.55. The zero-order valence-corrected chi connectivity index (χ0v) is 16.3. The van der Waals surface area contributed by atoms with Gasteiger partial charge in [-0.2, -0.15) is 13.2 Å². The maximum Gasteiger partial charge on any atom is 0.417 e. The van der Waals surface area contributed by atoms with Gasteiger partial charge in [0.05, 0.1) is 5.56 Å². The highest BCUT2D eigenvalue weighted by Crippen LogP contribution is 2.29. The van der Waals surface area contributed by atoms with Crippen molar-refractivity contribution in [3.05, 3.63) is 62.0 Å². The summed E-state index contributed by atoms with van der Waals surface area (Å²) in [5, 5.41) is -0.165. The quantitative estimate of drug-likeness (QED) is 0.683. The van der Waals surface area contributed by atoms with Crippen LogP contribution < -0.4 is 21.1 Å². The molecule has 2 aromatic rings. The molecule has 0 atom stereocenters. The van der Waals surface area contributed by atoms with Crippen LogP contribution in [-0.4, -0.2) is 23.0 Å². The molecule has 7 nitrogen and oxygen atoms in total. The number of alkyl halides is 3. The minimum absolute atomic E-state index is 0.374. The van der Waals surface area contributed by atoms with Gasteiger partial charge >= 0.3 is 6.18 Å². The number of nitrogens with one attached hydrogen (secondary N) is 2. The molecule has 12 heteroatoms. The Morgan fingerprint density at radius 3 is 2.38 bits per heavy atom. The van der Waals surface area contributed by atoms with Crippen LogP contribution in [0.1, 0.15) is 11.1 Å². The Labute approximate surface area is 172 Å². The lowest BCUT2D eigenvalue weighted by Crippen LogP contribution is -2.46. The molecule has 0 aliphatic heterocycles. The fraction of sp³-hybridized carbons (Fsp3) is 0.235. The van der Waals surface area contributed by atoms with Crippen LogP contribution in [0, 0.1) is 6.92 Å². The van der Waals surface area contributed by atoms with E-state index in [4.69, 9.17) is 27.9 Å². The Hall–Kier alpha value is -2.72. The second kappa shape index (κ2) is 9.19. The zero-order chi connectivity index (χ0) is 21.8. The molecule has 0 aliphatic carbocycles. The predicted molar refractivity (Wildman–Crippen MR) is 98.7 cm³/mol. The average Bonchev–Trinajstić information content (AvgIpc) is 2.63. The number of aromatic nitrogens is 1. The number of aryl methyl sites for hydroxylation is 1. The van der Waals surface area contributed by atoms with Crippen molar-refractivity contribution in [2.24, 2.45) is 0 Å². The third kappa shape index (κ3) is 6.40. The number of ether oxygens (including phenoxy) is 1. The molecule has 1 aromatic carbocycles. The van der Waals surface area contributed by atoms with E-state index in [1.54, 1.807) is 25.1 Å². The standard InChI is InChI=1S/C17H14Cl2F3N3O4/c1-9-4-11(2-3-12(9)18)29-8-15(27)24-23-14(26)7-25-6-10(17(20,21)22)5-13(19)16(25)28/h2-6H,7-8H2,1H3,(H,23,26)(H,24,27). The van der Waals surface area contributed by atoms with E-state index in [0.717, 1.165) is 5.56 Å². The lowest BCUT2D eigenvalue weighted by atomic mass is 10.2. The number of hydrogen-bond donors (Lipinski definition) is 2. The second-order valence-electron chi connectivity index (χ2n) is 5.80. The van der Waals surface area contributed by atoms with Gasteiger partial charge in [0.15, 0.2) is 6.61 Å². The molecular weight excluding hydrogens is 438 g/mol. The smallest absolute Gasteiger partial charge is 0.417 e. The Balaban J connectivity index is 1.91. The van der Waals surface area contributed by atoms with Crippen LogP contribution in [0.4, 0.5) is 13.2 Å². The number of carbonyl (C=O) groups is 2. The summed E-state index contributed by atoms with van der Waals surface area (Å²) in [5.74, 6) is -1.31. The van der Waals surface area contributed by atoms with E-state index in [1.165, 1.54) is 0 Å². The summed E-state index contributed by atoms with van der Waals surface area (Å²) in [7, 11) is 0. The van der Waals surface area contributed by atoms with Crippen LogP contribution in [0.5, 0.6) is 5.75 Å². The number of nitrogens with zero attached hydrogens (tertiary/aromatic N) is 1. The topological polar surface area (TPSA) is 89.4 Å². The van der Waals surface area contributed by atoms with Gasteiger partial charge in [-0.15, -0.1) is 0 Å². The summed E-state index contributed by atoms with van der Waals surface area (Å²) >= 11 is 11.4. The monoisotopic (exact) mass is 451 g/mol. The zero-order valence-electron chi connectivity index (χ0n) is 14.8. The van der Waals surface area contributed by atoms with Gasteiger partial charge in [0.1, 0.15) is 17.3 Å². The van der Waals surface area contributed by atoms with Gasteiger partial charge in [0.25, 0.3) is 17.4 Å². The van der Waals surface area contributed by atoms with Crippen molar-refractivity contribution in [2.45, 2.75) is 19.6 Å². The highest BCUT2D eigenvalue weighted by molar-refractivity contribution is 6.31. The highest BCUT2D eigenvalue weighted by Gasteiger charge is 2.32. The summed E-state index contributed by atoms with van der Waals surface area (Å²) in [6.07, 6.45) is -4.29. The number of amides is 2. The Bertz CT molecular complexity index is 993. The van der Waals surface area contributed by atoms with E-state index >= 15 is 0 Å². The molecular formula is C17H14Cl2F3N3O4. The number of rotatable bonds is 5. The van der Waals surface area contributed by atoms with Crippen LogP contribution in [0.3, 0.4) is 0 Å². The third-order valence-corrected chi connectivity index (χ3v) is 4.22. The van der Waals surface area contributed by atoms with Crippen LogP contribution in [-0.2, 0) is 22.3 Å². The van der Waals surface area contributed by atoms with E-state index in [1.807, 2.05) is 10.9 Å². The van der Waals surface area contributed by atoms with E-state index in [-0.39, 0.29) is 0 Å². The summed E-state index contributed by atoms with van der Waals surface area (Å²) in [4.78, 5) is 35.3. The van der Waals surface area contributed by atoms with Crippen molar-refractivity contribution >= 4 is 35.0 Å². The number of hydrazine groups is 1. The number of halogens is 5. The summed E-state index contributed by atoms with van der Waals surface area (Å²) in [6.45, 7) is 0.508. The molecule has 156 valence electrons. The molecule has 2 rings (SSSR count). The molecule has 0 bridgehead atoms. The first kappa shape index (κ1) is 22.6. The molecule has 0 radical (unpaired) electrons. The first-order valence-corrected chi connectivity index (χ1v) is 8.67. The Morgan fingerprint density at radius 1 is 1.10 bits per heavy atom. The molecule has 0 spiro atoms. The van der Waals surface area contributed by atoms with Crippen molar-refractivity contribution in [2.75, 3.05) is 6.61 Å². The number of pyridine rings is 1. The molecule has 0 unspecified atom stereocenters. The third-order valence-electron chi connectivity index (χ3n) is 3.52. The highest BCUT2D eigenvalue weighted by atomic mass is 35.5. The lowest BCUT2D eigenvalue weighted by Gasteiger charge is -2.12. The van der Waals surface area contributed by atoms with Crippen LogP contribution >= 0.6 is 23.2 Å². The molecule has 1 heterocycles. The maximum absolute atomic E-state index is 12.8. The van der Waals surface area contributed by atoms with E-state index in [0.29, 0.717) is 27.6 Å². The summed E-state index contributed by atoms with van der Waals surface area (Å²) in [6, 6.07) is 5.21. The van der Waals surface area contributed by atoms with Crippen LogP contribution in [0.25, 0.3) is 0 Å². The van der Waals surface area contributed by atoms with Crippen molar-refractivity contribution in [1.82, 2.24) is 15.4 Å². The van der Waals surface area contributed by atoms with Crippen LogP contribution in [0.15, 0.2) is 35.3 Å². The Kier molecular flexibility index (Phi) is 7.15. The van der Waals surface area contributed by atoms with Gasteiger partial charge < -0.3 is 9.30 Å². The molecule has 1 aromatic heterocycles. The Morgan fingerprint density at radius 2 is 1.76 bits per heavy atom. The molecule has 0 aliphatic rings. The number of hydrogen-bond acceptors (Lipinski definition) is 4. The lowest BCUT2D eigenvalue weighted by molar-refractivity contribution is -0.138. The van der Waals surface area contributed by atoms with Gasteiger partial charge in [0, 0.05) is 11.2 Å². The number of benzene rings is 1. The first-order valence-electron chi connectivity index (χ1n) is 7.91.